The van der Waals surface area contributed by atoms with E-state index in [1.165, 1.54) is 17.1 Å². The van der Waals surface area contributed by atoms with Crippen molar-refractivity contribution in [3.8, 4) is 0 Å². The molecule has 4 nitrogen and oxygen atoms in total. The van der Waals surface area contributed by atoms with Crippen LogP contribution in [-0.4, -0.2) is 35.0 Å². The maximum absolute atomic E-state index is 11.9. The summed E-state index contributed by atoms with van der Waals surface area (Å²) in [5, 5.41) is 11.2. The molecule has 0 aliphatic carbocycles. The number of benzene rings is 1. The number of hydrogen-bond donors (Lipinski definition) is 2. The largest absolute Gasteiger partial charge is 0.481 e. The smallest absolute Gasteiger partial charge is 0.303 e. The van der Waals surface area contributed by atoms with Crippen LogP contribution in [0.1, 0.15) is 33.3 Å². The van der Waals surface area contributed by atoms with Crippen LogP contribution in [0.3, 0.4) is 0 Å². The first-order valence-corrected chi connectivity index (χ1v) is 8.60. The van der Waals surface area contributed by atoms with Gasteiger partial charge in [-0.2, -0.15) is 0 Å². The zero-order chi connectivity index (χ0) is 14.4. The van der Waals surface area contributed by atoms with E-state index in [0.717, 1.165) is 0 Å². The Bertz CT molecular complexity index is 470. The standard InChI is InChI=1S/C14H17NO3S2/c16-12(17)2-1-7-15-13(18)10-3-5-11(6-4-10)14-19-8-9-20-14/h3-6,14H,1-2,7-9H2,(H,15,18)(H,16,17). The van der Waals surface area contributed by atoms with E-state index in [4.69, 9.17) is 5.11 Å². The first-order chi connectivity index (χ1) is 9.66. The number of rotatable bonds is 6. The van der Waals surface area contributed by atoms with Crippen LogP contribution in [0.5, 0.6) is 0 Å². The summed E-state index contributed by atoms with van der Waals surface area (Å²) in [7, 11) is 0. The van der Waals surface area contributed by atoms with Crippen LogP contribution >= 0.6 is 23.5 Å². The van der Waals surface area contributed by atoms with E-state index in [0.29, 0.717) is 23.1 Å². The number of thioether (sulfide) groups is 2. The van der Waals surface area contributed by atoms with Crippen molar-refractivity contribution >= 4 is 35.4 Å². The molecule has 0 bridgehead atoms. The molecule has 1 aliphatic rings. The Morgan fingerprint density at radius 2 is 1.85 bits per heavy atom. The molecule has 1 aromatic rings. The molecule has 1 amide bonds. The normalized spacial score (nSPS) is 15.2. The molecule has 0 saturated carbocycles. The number of nitrogens with one attached hydrogen (secondary N) is 1. The fraction of sp³-hybridized carbons (Fsp3) is 0.429. The molecule has 2 rings (SSSR count). The van der Waals surface area contributed by atoms with Crippen molar-refractivity contribution in [3.05, 3.63) is 35.4 Å². The van der Waals surface area contributed by atoms with Crippen LogP contribution in [0.2, 0.25) is 0 Å². The van der Waals surface area contributed by atoms with E-state index < -0.39 is 5.97 Å². The number of carboxylic acid groups (broad SMARTS) is 1. The van der Waals surface area contributed by atoms with E-state index in [1.807, 2.05) is 47.8 Å². The predicted molar refractivity (Wildman–Crippen MR) is 83.3 cm³/mol. The average Bonchev–Trinajstić information content (AvgIpc) is 2.97. The van der Waals surface area contributed by atoms with Crippen molar-refractivity contribution in [1.29, 1.82) is 0 Å². The van der Waals surface area contributed by atoms with Crippen molar-refractivity contribution in [2.75, 3.05) is 18.1 Å². The molecule has 1 saturated heterocycles. The van der Waals surface area contributed by atoms with Crippen molar-refractivity contribution in [3.63, 3.8) is 0 Å². The van der Waals surface area contributed by atoms with Gasteiger partial charge in [-0.25, -0.2) is 0 Å². The molecule has 108 valence electrons. The molecule has 1 heterocycles. The lowest BCUT2D eigenvalue weighted by Crippen LogP contribution is -2.24. The highest BCUT2D eigenvalue weighted by Gasteiger charge is 2.18. The molecule has 0 atom stereocenters. The van der Waals surface area contributed by atoms with E-state index in [9.17, 15) is 9.59 Å². The maximum atomic E-state index is 11.9. The number of carboxylic acids is 1. The number of carbonyl (C=O) groups excluding carboxylic acids is 1. The zero-order valence-electron chi connectivity index (χ0n) is 11.0. The second-order valence-corrected chi connectivity index (χ2v) is 7.17. The molecule has 0 unspecified atom stereocenters. The average molecular weight is 311 g/mol. The van der Waals surface area contributed by atoms with E-state index in [1.54, 1.807) is 0 Å². The van der Waals surface area contributed by atoms with E-state index >= 15 is 0 Å². The summed E-state index contributed by atoms with van der Waals surface area (Å²) in [5.74, 6) is 1.38. The van der Waals surface area contributed by atoms with Gasteiger partial charge in [-0.05, 0) is 24.1 Å². The van der Waals surface area contributed by atoms with Gasteiger partial charge in [0.25, 0.3) is 5.91 Å². The number of aliphatic carboxylic acids is 1. The third-order valence-electron chi connectivity index (χ3n) is 2.92. The van der Waals surface area contributed by atoms with Gasteiger partial charge in [-0.15, -0.1) is 23.5 Å². The van der Waals surface area contributed by atoms with Crippen LogP contribution in [-0.2, 0) is 4.79 Å². The van der Waals surface area contributed by atoms with Crippen molar-refractivity contribution in [1.82, 2.24) is 5.32 Å². The molecule has 1 aromatic carbocycles. The highest BCUT2D eigenvalue weighted by Crippen LogP contribution is 2.45. The van der Waals surface area contributed by atoms with Crippen LogP contribution in [0.25, 0.3) is 0 Å². The molecule has 1 aliphatic heterocycles. The third-order valence-corrected chi connectivity index (χ3v) is 6.02. The van der Waals surface area contributed by atoms with Crippen LogP contribution < -0.4 is 5.32 Å². The Kier molecular flexibility index (Phi) is 5.79. The Labute approximate surface area is 126 Å². The summed E-state index contributed by atoms with van der Waals surface area (Å²) in [6.07, 6.45) is 0.532. The fourth-order valence-electron chi connectivity index (χ4n) is 1.89. The van der Waals surface area contributed by atoms with Gasteiger partial charge < -0.3 is 10.4 Å². The van der Waals surface area contributed by atoms with Crippen LogP contribution in [0.4, 0.5) is 0 Å². The lowest BCUT2D eigenvalue weighted by molar-refractivity contribution is -0.137. The summed E-state index contributed by atoms with van der Waals surface area (Å²) in [4.78, 5) is 22.2. The second kappa shape index (κ2) is 7.59. The van der Waals surface area contributed by atoms with Crippen LogP contribution in [0.15, 0.2) is 24.3 Å². The molecule has 1 fully saturated rings. The zero-order valence-corrected chi connectivity index (χ0v) is 12.6. The van der Waals surface area contributed by atoms with Crippen LogP contribution in [0, 0.1) is 0 Å². The minimum atomic E-state index is -0.838. The van der Waals surface area contributed by atoms with Gasteiger partial charge in [0, 0.05) is 30.0 Å². The highest BCUT2D eigenvalue weighted by molar-refractivity contribution is 8.19. The SMILES string of the molecule is O=C(O)CCCNC(=O)c1ccc(C2SCCS2)cc1. The monoisotopic (exact) mass is 311 g/mol. The lowest BCUT2D eigenvalue weighted by atomic mass is 10.1. The van der Waals surface area contributed by atoms with E-state index in [-0.39, 0.29) is 12.3 Å². The van der Waals surface area contributed by atoms with Crippen molar-refractivity contribution in [2.45, 2.75) is 17.4 Å². The van der Waals surface area contributed by atoms with Gasteiger partial charge in [0.15, 0.2) is 0 Å². The second-order valence-electron chi connectivity index (χ2n) is 4.45. The number of hydrogen-bond acceptors (Lipinski definition) is 4. The Hall–Kier alpha value is -1.14. The summed E-state index contributed by atoms with van der Waals surface area (Å²) < 4.78 is 0.489. The Morgan fingerprint density at radius 1 is 1.20 bits per heavy atom. The van der Waals surface area contributed by atoms with Gasteiger partial charge in [0.2, 0.25) is 0 Å². The summed E-state index contributed by atoms with van der Waals surface area (Å²) in [6.45, 7) is 0.390. The number of amides is 1. The highest BCUT2D eigenvalue weighted by atomic mass is 32.2. The minimum absolute atomic E-state index is 0.0787. The fourth-order valence-corrected chi connectivity index (χ4v) is 4.75. The van der Waals surface area contributed by atoms with Gasteiger partial charge in [-0.1, -0.05) is 12.1 Å². The quantitative estimate of drug-likeness (QED) is 0.791. The van der Waals surface area contributed by atoms with Gasteiger partial charge in [0.1, 0.15) is 0 Å². The van der Waals surface area contributed by atoms with Gasteiger partial charge in [-0.3, -0.25) is 9.59 Å². The molecule has 20 heavy (non-hydrogen) atoms. The topological polar surface area (TPSA) is 66.4 Å². The molecule has 2 N–H and O–H groups in total. The van der Waals surface area contributed by atoms with Crippen molar-refractivity contribution < 1.29 is 14.7 Å². The molecular formula is C14H17NO3S2. The summed E-state index contributed by atoms with van der Waals surface area (Å²) >= 11 is 3.87. The first kappa shape index (κ1) is 15.3. The third kappa shape index (κ3) is 4.45. The minimum Gasteiger partial charge on any atom is -0.481 e. The lowest BCUT2D eigenvalue weighted by Gasteiger charge is -2.09. The molecule has 6 heteroatoms. The Morgan fingerprint density at radius 3 is 2.45 bits per heavy atom. The molecular weight excluding hydrogens is 294 g/mol. The number of carbonyl (C=O) groups is 2. The summed E-state index contributed by atoms with van der Waals surface area (Å²) in [5.41, 5.74) is 1.87. The predicted octanol–water partition coefficient (Wildman–Crippen LogP) is 2.76. The molecule has 0 aromatic heterocycles. The molecule has 0 spiro atoms. The van der Waals surface area contributed by atoms with Crippen molar-refractivity contribution in [2.24, 2.45) is 0 Å². The van der Waals surface area contributed by atoms with Gasteiger partial charge in [0.05, 0.1) is 4.58 Å². The van der Waals surface area contributed by atoms with E-state index in [2.05, 4.69) is 5.32 Å². The maximum Gasteiger partial charge on any atom is 0.303 e. The van der Waals surface area contributed by atoms with Gasteiger partial charge >= 0.3 is 5.97 Å². The first-order valence-electron chi connectivity index (χ1n) is 6.50. The summed E-state index contributed by atoms with van der Waals surface area (Å²) in [6, 6.07) is 7.67. The Balaban J connectivity index is 1.82. The molecule has 0 radical (unpaired) electrons.